The van der Waals surface area contributed by atoms with E-state index in [2.05, 4.69) is 0 Å². The minimum absolute atomic E-state index is 0.0193. The number of hydrogen-bond acceptors (Lipinski definition) is 6. The first kappa shape index (κ1) is 16.0. The summed E-state index contributed by atoms with van der Waals surface area (Å²) in [6.45, 7) is 0.0193. The summed E-state index contributed by atoms with van der Waals surface area (Å²) in [5.41, 5.74) is 1.14. The van der Waals surface area contributed by atoms with Crippen LogP contribution in [0.25, 0.3) is 11.3 Å². The van der Waals surface area contributed by atoms with Crippen LogP contribution < -0.4 is 0 Å². The molecule has 0 aliphatic rings. The van der Waals surface area contributed by atoms with Crippen LogP contribution in [0, 0.1) is 0 Å². The second-order valence-electron chi connectivity index (χ2n) is 4.86. The van der Waals surface area contributed by atoms with Crippen molar-refractivity contribution in [3.05, 3.63) is 70.1 Å². The van der Waals surface area contributed by atoms with Crippen LogP contribution in [-0.4, -0.2) is 19.0 Å². The van der Waals surface area contributed by atoms with Crippen LogP contribution in [0.5, 0.6) is 0 Å². The maximum absolute atomic E-state index is 11.9. The number of ether oxygens (including phenoxy) is 2. The zero-order valence-electron chi connectivity index (χ0n) is 12.9. The van der Waals surface area contributed by atoms with Crippen LogP contribution >= 0.6 is 11.3 Å². The van der Waals surface area contributed by atoms with E-state index < -0.39 is 11.9 Å². The van der Waals surface area contributed by atoms with Gasteiger partial charge in [0.2, 0.25) is 0 Å². The van der Waals surface area contributed by atoms with Gasteiger partial charge in [-0.15, -0.1) is 11.3 Å². The Morgan fingerprint density at radius 1 is 1.04 bits per heavy atom. The smallest absolute Gasteiger partial charge is 0.348 e. The minimum atomic E-state index is -0.417. The highest BCUT2D eigenvalue weighted by molar-refractivity contribution is 7.12. The molecule has 0 aliphatic carbocycles. The molecular formula is C18H14O5S. The topological polar surface area (TPSA) is 65.7 Å². The molecule has 0 fully saturated rings. The third kappa shape index (κ3) is 3.38. The number of furan rings is 1. The van der Waals surface area contributed by atoms with Gasteiger partial charge in [-0.1, -0.05) is 18.2 Å². The van der Waals surface area contributed by atoms with Crippen molar-refractivity contribution in [1.82, 2.24) is 0 Å². The van der Waals surface area contributed by atoms with Gasteiger partial charge >= 0.3 is 11.9 Å². The molecule has 2 heterocycles. The number of carbonyl (C=O) groups excluding carboxylic acids is 2. The molecule has 0 radical (unpaired) electrons. The molecule has 24 heavy (non-hydrogen) atoms. The summed E-state index contributed by atoms with van der Waals surface area (Å²) in [5, 5.41) is 1.79. The monoisotopic (exact) mass is 342 g/mol. The maximum Gasteiger partial charge on any atom is 0.348 e. The Kier molecular flexibility index (Phi) is 4.77. The maximum atomic E-state index is 11.9. The van der Waals surface area contributed by atoms with Gasteiger partial charge in [0.15, 0.2) is 0 Å². The number of esters is 2. The van der Waals surface area contributed by atoms with E-state index in [1.54, 1.807) is 47.8 Å². The highest BCUT2D eigenvalue weighted by Gasteiger charge is 2.18. The first-order valence-electron chi connectivity index (χ1n) is 7.16. The fraction of sp³-hybridized carbons (Fsp3) is 0.111. The second-order valence-corrected chi connectivity index (χ2v) is 5.78. The number of rotatable bonds is 5. The van der Waals surface area contributed by atoms with Gasteiger partial charge in [0, 0.05) is 5.56 Å². The van der Waals surface area contributed by atoms with Gasteiger partial charge in [-0.2, -0.15) is 0 Å². The number of carbonyl (C=O) groups is 2. The molecule has 0 aliphatic heterocycles. The van der Waals surface area contributed by atoms with Gasteiger partial charge in [-0.05, 0) is 35.7 Å². The summed E-state index contributed by atoms with van der Waals surface area (Å²) in [6, 6.07) is 14.0. The van der Waals surface area contributed by atoms with Crippen LogP contribution in [0.15, 0.2) is 58.3 Å². The lowest BCUT2D eigenvalue weighted by Crippen LogP contribution is -2.04. The molecule has 0 saturated heterocycles. The SMILES string of the molecule is COC(=O)c1sccc1-c1ccc(COC(=O)c2ccccc2)o1. The summed E-state index contributed by atoms with van der Waals surface area (Å²) in [7, 11) is 1.34. The van der Waals surface area contributed by atoms with Crippen molar-refractivity contribution < 1.29 is 23.5 Å². The van der Waals surface area contributed by atoms with Gasteiger partial charge in [-0.25, -0.2) is 9.59 Å². The highest BCUT2D eigenvalue weighted by Crippen LogP contribution is 2.30. The lowest BCUT2D eigenvalue weighted by molar-refractivity contribution is 0.0446. The number of thiophene rings is 1. The Morgan fingerprint density at radius 2 is 1.83 bits per heavy atom. The predicted molar refractivity (Wildman–Crippen MR) is 88.9 cm³/mol. The van der Waals surface area contributed by atoms with E-state index in [1.807, 2.05) is 6.07 Å². The molecule has 2 aromatic heterocycles. The van der Waals surface area contributed by atoms with Gasteiger partial charge < -0.3 is 13.9 Å². The normalized spacial score (nSPS) is 10.4. The number of benzene rings is 1. The summed E-state index contributed by atoms with van der Waals surface area (Å²) in [5.74, 6) is 0.200. The third-order valence-electron chi connectivity index (χ3n) is 3.32. The van der Waals surface area contributed by atoms with E-state index in [4.69, 9.17) is 13.9 Å². The molecular weight excluding hydrogens is 328 g/mol. The fourth-order valence-corrected chi connectivity index (χ4v) is 2.96. The van der Waals surface area contributed by atoms with Gasteiger partial charge in [0.25, 0.3) is 0 Å². The van der Waals surface area contributed by atoms with Crippen LogP contribution in [0.2, 0.25) is 0 Å². The van der Waals surface area contributed by atoms with E-state index in [1.165, 1.54) is 18.4 Å². The van der Waals surface area contributed by atoms with Crippen molar-refractivity contribution in [2.24, 2.45) is 0 Å². The second kappa shape index (κ2) is 7.14. The molecule has 0 bridgehead atoms. The average molecular weight is 342 g/mol. The number of hydrogen-bond donors (Lipinski definition) is 0. The van der Waals surface area contributed by atoms with Crippen LogP contribution in [0.1, 0.15) is 25.8 Å². The molecule has 0 N–H and O–H groups in total. The van der Waals surface area contributed by atoms with Gasteiger partial charge in [0.05, 0.1) is 12.7 Å². The molecule has 0 unspecified atom stereocenters. The standard InChI is InChI=1S/C18H14O5S/c1-21-18(20)16-14(9-10-24-16)15-8-7-13(23-15)11-22-17(19)12-5-3-2-4-6-12/h2-10H,11H2,1H3. The molecule has 0 amide bonds. The molecule has 3 aromatic rings. The van der Waals surface area contributed by atoms with Crippen LogP contribution in [-0.2, 0) is 16.1 Å². The first-order valence-corrected chi connectivity index (χ1v) is 8.04. The van der Waals surface area contributed by atoms with Gasteiger partial charge in [0.1, 0.15) is 23.0 Å². The average Bonchev–Trinajstić information content (AvgIpc) is 3.28. The van der Waals surface area contributed by atoms with Crippen molar-refractivity contribution in [3.63, 3.8) is 0 Å². The molecule has 6 heteroatoms. The van der Waals surface area contributed by atoms with Crippen molar-refractivity contribution >= 4 is 23.3 Å². The van der Waals surface area contributed by atoms with Crippen molar-refractivity contribution in [2.75, 3.05) is 7.11 Å². The van der Waals surface area contributed by atoms with Crippen molar-refractivity contribution in [1.29, 1.82) is 0 Å². The Hall–Kier alpha value is -2.86. The van der Waals surface area contributed by atoms with E-state index in [-0.39, 0.29) is 6.61 Å². The minimum Gasteiger partial charge on any atom is -0.465 e. The molecule has 0 atom stereocenters. The van der Waals surface area contributed by atoms with E-state index >= 15 is 0 Å². The molecule has 3 rings (SSSR count). The molecule has 122 valence electrons. The lowest BCUT2D eigenvalue weighted by atomic mass is 10.2. The summed E-state index contributed by atoms with van der Waals surface area (Å²) >= 11 is 1.28. The van der Waals surface area contributed by atoms with Crippen molar-refractivity contribution in [3.8, 4) is 11.3 Å². The Labute approximate surface area is 142 Å². The molecule has 0 saturated carbocycles. The summed E-state index contributed by atoms with van der Waals surface area (Å²) < 4.78 is 15.6. The zero-order valence-corrected chi connectivity index (χ0v) is 13.7. The first-order chi connectivity index (χ1) is 11.7. The largest absolute Gasteiger partial charge is 0.465 e. The predicted octanol–water partition coefficient (Wildman–Crippen LogP) is 4.15. The molecule has 0 spiro atoms. The van der Waals surface area contributed by atoms with E-state index in [0.29, 0.717) is 27.5 Å². The van der Waals surface area contributed by atoms with Gasteiger partial charge in [-0.3, -0.25) is 0 Å². The molecule has 1 aromatic carbocycles. The van der Waals surface area contributed by atoms with Crippen molar-refractivity contribution in [2.45, 2.75) is 6.61 Å². The quantitative estimate of drug-likeness (QED) is 0.652. The Morgan fingerprint density at radius 3 is 2.58 bits per heavy atom. The van der Waals surface area contributed by atoms with E-state index in [9.17, 15) is 9.59 Å². The van der Waals surface area contributed by atoms with Crippen LogP contribution in [0.3, 0.4) is 0 Å². The third-order valence-corrected chi connectivity index (χ3v) is 4.21. The lowest BCUT2D eigenvalue weighted by Gasteiger charge is -2.03. The number of methoxy groups -OCH3 is 1. The Bertz CT molecular complexity index is 847. The fourth-order valence-electron chi connectivity index (χ4n) is 2.15. The summed E-state index contributed by atoms with van der Waals surface area (Å²) in [4.78, 5) is 24.1. The Balaban J connectivity index is 1.69. The van der Waals surface area contributed by atoms with Crippen LogP contribution in [0.4, 0.5) is 0 Å². The summed E-state index contributed by atoms with van der Waals surface area (Å²) in [6.07, 6.45) is 0. The zero-order chi connectivity index (χ0) is 16.9. The highest BCUT2D eigenvalue weighted by atomic mass is 32.1. The van der Waals surface area contributed by atoms with E-state index in [0.717, 1.165) is 0 Å². The molecule has 5 nitrogen and oxygen atoms in total.